The molecule has 0 aliphatic carbocycles. The van der Waals surface area contributed by atoms with Crippen LogP contribution in [-0.2, 0) is 10.0 Å². The lowest BCUT2D eigenvalue weighted by Crippen LogP contribution is -2.50. The second-order valence-corrected chi connectivity index (χ2v) is 10.6. The first-order valence-electron chi connectivity index (χ1n) is 10.5. The van der Waals surface area contributed by atoms with Crippen molar-refractivity contribution in [1.29, 1.82) is 5.26 Å². The van der Waals surface area contributed by atoms with E-state index in [9.17, 15) is 18.5 Å². The topological polar surface area (TPSA) is 97.6 Å². The molecule has 1 aromatic carbocycles. The van der Waals surface area contributed by atoms with Crippen molar-refractivity contribution in [1.82, 2.24) is 14.2 Å². The van der Waals surface area contributed by atoms with Gasteiger partial charge in [0.25, 0.3) is 5.91 Å². The van der Waals surface area contributed by atoms with E-state index < -0.39 is 10.0 Å². The predicted octanol–water partition coefficient (Wildman–Crippen LogP) is 2.08. The van der Waals surface area contributed by atoms with Crippen LogP contribution < -0.4 is 4.90 Å². The van der Waals surface area contributed by atoms with Crippen LogP contribution in [0.4, 0.5) is 5.69 Å². The van der Waals surface area contributed by atoms with Crippen LogP contribution in [0.3, 0.4) is 0 Å². The summed E-state index contributed by atoms with van der Waals surface area (Å²) in [6, 6.07) is 10.2. The molecule has 0 unspecified atom stereocenters. The monoisotopic (exact) mass is 441 g/mol. The average Bonchev–Trinajstić information content (AvgIpc) is 2.78. The summed E-state index contributed by atoms with van der Waals surface area (Å²) in [4.78, 5) is 21.9. The van der Waals surface area contributed by atoms with Crippen LogP contribution in [0.5, 0.6) is 0 Å². The Morgan fingerprint density at radius 3 is 2.35 bits per heavy atom. The summed E-state index contributed by atoms with van der Waals surface area (Å²) in [5.74, 6) is -0.130. The number of nitriles is 1. The van der Waals surface area contributed by atoms with Crippen molar-refractivity contribution in [2.75, 3.05) is 50.4 Å². The largest absolute Gasteiger partial charge is 0.370 e. The van der Waals surface area contributed by atoms with E-state index >= 15 is 0 Å². The zero-order valence-corrected chi connectivity index (χ0v) is 18.7. The molecule has 0 bridgehead atoms. The van der Waals surface area contributed by atoms with Crippen LogP contribution in [0.1, 0.15) is 30.1 Å². The molecule has 0 spiro atoms. The SMILES string of the molecule is CC1(C#N)CCN(c2c(C(=O)N3CCN(S(C)(=O)=O)CC3)cnc3ccccc23)CC1. The van der Waals surface area contributed by atoms with Crippen molar-refractivity contribution < 1.29 is 13.2 Å². The molecule has 2 fully saturated rings. The Morgan fingerprint density at radius 1 is 1.10 bits per heavy atom. The van der Waals surface area contributed by atoms with E-state index in [1.807, 2.05) is 31.2 Å². The summed E-state index contributed by atoms with van der Waals surface area (Å²) >= 11 is 0. The minimum atomic E-state index is -3.26. The molecule has 2 aromatic rings. The van der Waals surface area contributed by atoms with Gasteiger partial charge >= 0.3 is 0 Å². The fourth-order valence-corrected chi connectivity index (χ4v) is 5.18. The third-order valence-electron chi connectivity index (χ3n) is 6.43. The quantitative estimate of drug-likeness (QED) is 0.723. The maximum Gasteiger partial charge on any atom is 0.257 e. The van der Waals surface area contributed by atoms with Crippen molar-refractivity contribution in [3.05, 3.63) is 36.0 Å². The van der Waals surface area contributed by atoms with Gasteiger partial charge in [0.05, 0.1) is 34.5 Å². The molecule has 8 nitrogen and oxygen atoms in total. The highest BCUT2D eigenvalue weighted by atomic mass is 32.2. The van der Waals surface area contributed by atoms with Crippen LogP contribution in [-0.4, -0.2) is 74.0 Å². The molecule has 1 aromatic heterocycles. The Bertz CT molecular complexity index is 1140. The van der Waals surface area contributed by atoms with E-state index in [0.717, 1.165) is 29.4 Å². The number of piperazine rings is 1. The van der Waals surface area contributed by atoms with Gasteiger partial charge in [0, 0.05) is 50.9 Å². The minimum absolute atomic E-state index is 0.130. The van der Waals surface area contributed by atoms with Crippen molar-refractivity contribution in [2.45, 2.75) is 19.8 Å². The van der Waals surface area contributed by atoms with Gasteiger partial charge in [-0.3, -0.25) is 9.78 Å². The number of amides is 1. The first-order valence-corrected chi connectivity index (χ1v) is 12.3. The molecule has 0 radical (unpaired) electrons. The number of aromatic nitrogens is 1. The average molecular weight is 442 g/mol. The van der Waals surface area contributed by atoms with Crippen molar-refractivity contribution in [3.63, 3.8) is 0 Å². The lowest BCUT2D eigenvalue weighted by atomic mass is 9.81. The lowest BCUT2D eigenvalue weighted by molar-refractivity contribution is 0.0698. The lowest BCUT2D eigenvalue weighted by Gasteiger charge is -2.38. The molecule has 2 aliphatic heterocycles. The number of para-hydroxylation sites is 1. The highest BCUT2D eigenvalue weighted by molar-refractivity contribution is 7.88. The van der Waals surface area contributed by atoms with Crippen molar-refractivity contribution in [3.8, 4) is 6.07 Å². The van der Waals surface area contributed by atoms with Gasteiger partial charge in [0.1, 0.15) is 0 Å². The Labute approximate surface area is 183 Å². The van der Waals surface area contributed by atoms with Gasteiger partial charge in [-0.05, 0) is 25.8 Å². The molecule has 2 saturated heterocycles. The molecular weight excluding hydrogens is 414 g/mol. The van der Waals surface area contributed by atoms with E-state index in [1.165, 1.54) is 10.6 Å². The number of piperidine rings is 1. The standard InChI is InChI=1S/C22H27N5O3S/c1-22(16-23)7-9-25(10-8-22)20-17-5-3-4-6-19(17)24-15-18(20)21(28)26-11-13-27(14-12-26)31(2,29)30/h3-6,15H,7-14H2,1-2H3. The number of hydrogen-bond donors (Lipinski definition) is 0. The Kier molecular flexibility index (Phi) is 5.62. The highest BCUT2D eigenvalue weighted by Crippen LogP contribution is 2.37. The normalized spacial score (nSPS) is 19.9. The number of carbonyl (C=O) groups is 1. The van der Waals surface area contributed by atoms with E-state index in [1.54, 1.807) is 11.1 Å². The van der Waals surface area contributed by atoms with E-state index in [2.05, 4.69) is 16.0 Å². The van der Waals surface area contributed by atoms with Crippen LogP contribution in [0.25, 0.3) is 10.9 Å². The number of nitrogens with zero attached hydrogens (tertiary/aromatic N) is 5. The molecule has 0 N–H and O–H groups in total. The van der Waals surface area contributed by atoms with Crippen LogP contribution in [0.2, 0.25) is 0 Å². The van der Waals surface area contributed by atoms with Gasteiger partial charge < -0.3 is 9.80 Å². The van der Waals surface area contributed by atoms with Gasteiger partial charge in [-0.25, -0.2) is 8.42 Å². The zero-order valence-electron chi connectivity index (χ0n) is 17.9. The summed E-state index contributed by atoms with van der Waals surface area (Å²) < 4.78 is 25.0. The number of benzene rings is 1. The summed E-state index contributed by atoms with van der Waals surface area (Å²) in [6.07, 6.45) is 4.31. The van der Waals surface area contributed by atoms with Gasteiger partial charge in [0.15, 0.2) is 0 Å². The smallest absolute Gasteiger partial charge is 0.257 e. The van der Waals surface area contributed by atoms with Crippen LogP contribution >= 0.6 is 0 Å². The summed E-state index contributed by atoms with van der Waals surface area (Å²) in [5, 5.41) is 10.4. The zero-order chi connectivity index (χ0) is 22.2. The van der Waals surface area contributed by atoms with Crippen molar-refractivity contribution >= 4 is 32.5 Å². The number of pyridine rings is 1. The second-order valence-electron chi connectivity index (χ2n) is 8.65. The third kappa shape index (κ3) is 4.23. The minimum Gasteiger partial charge on any atom is -0.370 e. The van der Waals surface area contributed by atoms with E-state index in [-0.39, 0.29) is 11.3 Å². The number of fused-ring (bicyclic) bond motifs is 1. The van der Waals surface area contributed by atoms with E-state index in [0.29, 0.717) is 44.8 Å². The molecule has 3 heterocycles. The number of carbonyl (C=O) groups excluding carboxylic acids is 1. The number of sulfonamides is 1. The number of rotatable bonds is 3. The molecule has 1 amide bonds. The summed E-state index contributed by atoms with van der Waals surface area (Å²) in [5.41, 5.74) is 1.88. The predicted molar refractivity (Wildman–Crippen MR) is 119 cm³/mol. The number of hydrogen-bond acceptors (Lipinski definition) is 6. The Hall–Kier alpha value is -2.70. The maximum absolute atomic E-state index is 13.5. The molecule has 31 heavy (non-hydrogen) atoms. The molecule has 0 atom stereocenters. The molecule has 9 heteroatoms. The van der Waals surface area contributed by atoms with Gasteiger partial charge in [-0.1, -0.05) is 18.2 Å². The fourth-order valence-electron chi connectivity index (χ4n) is 4.35. The third-order valence-corrected chi connectivity index (χ3v) is 7.73. The first kappa shape index (κ1) is 21.5. The molecule has 4 rings (SSSR count). The maximum atomic E-state index is 13.5. The Morgan fingerprint density at radius 2 is 1.74 bits per heavy atom. The fraction of sp³-hybridized carbons (Fsp3) is 0.500. The highest BCUT2D eigenvalue weighted by Gasteiger charge is 2.34. The van der Waals surface area contributed by atoms with Gasteiger partial charge in [-0.2, -0.15) is 9.57 Å². The van der Waals surface area contributed by atoms with E-state index in [4.69, 9.17) is 0 Å². The second kappa shape index (κ2) is 8.09. The van der Waals surface area contributed by atoms with Crippen LogP contribution in [0.15, 0.2) is 30.5 Å². The summed E-state index contributed by atoms with van der Waals surface area (Å²) in [6.45, 7) is 4.67. The van der Waals surface area contributed by atoms with Gasteiger partial charge in [0.2, 0.25) is 10.0 Å². The van der Waals surface area contributed by atoms with Crippen LogP contribution in [0, 0.1) is 16.7 Å². The number of anilines is 1. The molecule has 2 aliphatic rings. The molecular formula is C22H27N5O3S. The Balaban J connectivity index is 1.66. The first-order chi connectivity index (χ1) is 14.7. The molecule has 164 valence electrons. The van der Waals surface area contributed by atoms with Crippen molar-refractivity contribution in [2.24, 2.45) is 5.41 Å². The molecule has 0 saturated carbocycles. The van der Waals surface area contributed by atoms with Gasteiger partial charge in [-0.15, -0.1) is 0 Å². The summed E-state index contributed by atoms with van der Waals surface area (Å²) in [7, 11) is -3.26.